The van der Waals surface area contributed by atoms with E-state index in [4.69, 9.17) is 0 Å². The van der Waals surface area contributed by atoms with E-state index in [9.17, 15) is 9.59 Å². The molecule has 0 unspecified atom stereocenters. The molecule has 1 aromatic rings. The summed E-state index contributed by atoms with van der Waals surface area (Å²) in [6.07, 6.45) is 5.22. The third-order valence-corrected chi connectivity index (χ3v) is 3.13. The summed E-state index contributed by atoms with van der Waals surface area (Å²) in [6, 6.07) is 7.93. The Morgan fingerprint density at radius 1 is 1.37 bits per heavy atom. The number of benzene rings is 1. The fourth-order valence-corrected chi connectivity index (χ4v) is 1.93. The lowest BCUT2D eigenvalue weighted by Crippen LogP contribution is -2.37. The van der Waals surface area contributed by atoms with Crippen molar-refractivity contribution >= 4 is 33.8 Å². The van der Waals surface area contributed by atoms with Gasteiger partial charge in [0.25, 0.3) is 0 Å². The van der Waals surface area contributed by atoms with Crippen LogP contribution in [0.25, 0.3) is 6.08 Å². The molecule has 1 fully saturated rings. The maximum absolute atomic E-state index is 11.5. The highest BCUT2D eigenvalue weighted by Crippen LogP contribution is 2.18. The van der Waals surface area contributed by atoms with Gasteiger partial charge in [-0.15, -0.1) is 0 Å². The third kappa shape index (κ3) is 5.26. The van der Waals surface area contributed by atoms with Crippen molar-refractivity contribution in [1.82, 2.24) is 10.6 Å². The van der Waals surface area contributed by atoms with Crippen LogP contribution in [0.5, 0.6) is 0 Å². The first-order valence-electron chi connectivity index (χ1n) is 6.14. The Bertz CT molecular complexity index is 510. The standard InChI is InChI=1S/C14H15BrN2O2/c15-11-3-1-2-10(8-11)4-7-13(18)16-9-14(19)17-12-5-6-12/h1-4,7-8,12H,5-6,9H2,(H,16,18)(H,17,19)/b7-4+. The van der Waals surface area contributed by atoms with Crippen molar-refractivity contribution < 1.29 is 9.59 Å². The van der Waals surface area contributed by atoms with Gasteiger partial charge in [0.1, 0.15) is 0 Å². The second-order valence-electron chi connectivity index (χ2n) is 4.45. The van der Waals surface area contributed by atoms with Crippen molar-refractivity contribution in [1.29, 1.82) is 0 Å². The Morgan fingerprint density at radius 2 is 2.16 bits per heavy atom. The zero-order chi connectivity index (χ0) is 13.7. The molecule has 1 aliphatic rings. The molecule has 0 aliphatic heterocycles. The molecule has 19 heavy (non-hydrogen) atoms. The van der Waals surface area contributed by atoms with Crippen molar-refractivity contribution in [3.8, 4) is 0 Å². The van der Waals surface area contributed by atoms with Crippen LogP contribution in [0.15, 0.2) is 34.8 Å². The van der Waals surface area contributed by atoms with Gasteiger partial charge in [-0.1, -0.05) is 28.1 Å². The van der Waals surface area contributed by atoms with Crippen LogP contribution >= 0.6 is 15.9 Å². The minimum atomic E-state index is -0.272. The van der Waals surface area contributed by atoms with Crippen molar-refractivity contribution in [3.05, 3.63) is 40.4 Å². The highest BCUT2D eigenvalue weighted by atomic mass is 79.9. The smallest absolute Gasteiger partial charge is 0.244 e. The monoisotopic (exact) mass is 322 g/mol. The summed E-state index contributed by atoms with van der Waals surface area (Å²) in [5, 5.41) is 5.36. The number of rotatable bonds is 5. The quantitative estimate of drug-likeness (QED) is 0.813. The lowest BCUT2D eigenvalue weighted by atomic mass is 10.2. The van der Waals surface area contributed by atoms with Crippen LogP contribution in [0.2, 0.25) is 0 Å². The maximum atomic E-state index is 11.5. The summed E-state index contributed by atoms with van der Waals surface area (Å²) in [4.78, 5) is 22.9. The second kappa shape index (κ2) is 6.52. The van der Waals surface area contributed by atoms with Gasteiger partial charge in [0.05, 0.1) is 6.54 Å². The van der Waals surface area contributed by atoms with Crippen LogP contribution in [0.4, 0.5) is 0 Å². The molecule has 0 heterocycles. The van der Waals surface area contributed by atoms with Gasteiger partial charge in [-0.3, -0.25) is 9.59 Å². The normalized spacial score (nSPS) is 14.4. The largest absolute Gasteiger partial charge is 0.352 e. The number of hydrogen-bond acceptors (Lipinski definition) is 2. The molecule has 1 aliphatic carbocycles. The number of carbonyl (C=O) groups excluding carboxylic acids is 2. The summed E-state index contributed by atoms with van der Waals surface area (Å²) in [6.45, 7) is 0.0259. The van der Waals surface area contributed by atoms with E-state index < -0.39 is 0 Å². The van der Waals surface area contributed by atoms with Gasteiger partial charge in [-0.25, -0.2) is 0 Å². The number of hydrogen-bond donors (Lipinski definition) is 2. The summed E-state index contributed by atoms with van der Waals surface area (Å²) in [5.74, 6) is -0.405. The molecule has 0 atom stereocenters. The van der Waals surface area contributed by atoms with E-state index in [-0.39, 0.29) is 18.4 Å². The molecule has 2 amide bonds. The highest BCUT2D eigenvalue weighted by molar-refractivity contribution is 9.10. The van der Waals surface area contributed by atoms with Crippen molar-refractivity contribution in [2.24, 2.45) is 0 Å². The minimum absolute atomic E-state index is 0.0259. The zero-order valence-electron chi connectivity index (χ0n) is 10.4. The Balaban J connectivity index is 1.75. The van der Waals surface area contributed by atoms with Crippen LogP contribution in [-0.2, 0) is 9.59 Å². The molecule has 100 valence electrons. The molecule has 2 rings (SSSR count). The molecule has 0 saturated heterocycles. The van der Waals surface area contributed by atoms with Crippen LogP contribution in [0, 0.1) is 0 Å². The zero-order valence-corrected chi connectivity index (χ0v) is 11.9. The molecular formula is C14H15BrN2O2. The molecule has 4 nitrogen and oxygen atoms in total. The van der Waals surface area contributed by atoms with Gasteiger partial charge in [0.15, 0.2) is 0 Å². The lowest BCUT2D eigenvalue weighted by molar-refractivity contribution is -0.124. The Kier molecular flexibility index (Phi) is 4.74. The predicted molar refractivity (Wildman–Crippen MR) is 77.4 cm³/mol. The summed E-state index contributed by atoms with van der Waals surface area (Å²) in [5.41, 5.74) is 0.923. The van der Waals surface area contributed by atoms with Crippen LogP contribution in [0.1, 0.15) is 18.4 Å². The maximum Gasteiger partial charge on any atom is 0.244 e. The van der Waals surface area contributed by atoms with Crippen molar-refractivity contribution in [3.63, 3.8) is 0 Å². The molecular weight excluding hydrogens is 308 g/mol. The van der Waals surface area contributed by atoms with Gasteiger partial charge in [-0.05, 0) is 36.6 Å². The van der Waals surface area contributed by atoms with Crippen LogP contribution in [-0.4, -0.2) is 24.4 Å². The van der Waals surface area contributed by atoms with Gasteiger partial charge in [0.2, 0.25) is 11.8 Å². The number of nitrogens with one attached hydrogen (secondary N) is 2. The SMILES string of the molecule is O=C(/C=C/c1cccc(Br)c1)NCC(=O)NC1CC1. The first-order valence-corrected chi connectivity index (χ1v) is 6.93. The second-order valence-corrected chi connectivity index (χ2v) is 5.36. The first kappa shape index (κ1) is 13.8. The molecule has 1 saturated carbocycles. The van der Waals surface area contributed by atoms with E-state index in [1.807, 2.05) is 24.3 Å². The summed E-state index contributed by atoms with van der Waals surface area (Å²) < 4.78 is 0.957. The van der Waals surface area contributed by atoms with Crippen molar-refractivity contribution in [2.45, 2.75) is 18.9 Å². The van der Waals surface area contributed by atoms with Gasteiger partial charge < -0.3 is 10.6 Å². The van der Waals surface area contributed by atoms with E-state index in [1.165, 1.54) is 6.08 Å². The molecule has 1 aromatic carbocycles. The number of carbonyl (C=O) groups is 2. The highest BCUT2D eigenvalue weighted by Gasteiger charge is 2.22. The fourth-order valence-electron chi connectivity index (χ4n) is 1.51. The topological polar surface area (TPSA) is 58.2 Å². The van der Waals surface area contributed by atoms with Crippen LogP contribution < -0.4 is 10.6 Å². The Morgan fingerprint density at radius 3 is 2.84 bits per heavy atom. The number of halogens is 1. The first-order chi connectivity index (χ1) is 9.13. The van der Waals surface area contributed by atoms with Gasteiger partial charge in [-0.2, -0.15) is 0 Å². The molecule has 5 heteroatoms. The molecule has 0 bridgehead atoms. The summed E-state index contributed by atoms with van der Waals surface area (Å²) in [7, 11) is 0. The minimum Gasteiger partial charge on any atom is -0.352 e. The predicted octanol–water partition coefficient (Wildman–Crippen LogP) is 1.86. The Labute approximate surface area is 120 Å². The fraction of sp³-hybridized carbons (Fsp3) is 0.286. The summed E-state index contributed by atoms with van der Waals surface area (Å²) >= 11 is 3.36. The van der Waals surface area contributed by atoms with E-state index in [1.54, 1.807) is 6.08 Å². The molecule has 2 N–H and O–H groups in total. The van der Waals surface area contributed by atoms with Gasteiger partial charge >= 0.3 is 0 Å². The van der Waals surface area contributed by atoms with Crippen molar-refractivity contribution in [2.75, 3.05) is 6.54 Å². The third-order valence-electron chi connectivity index (χ3n) is 2.64. The van der Waals surface area contributed by atoms with E-state index in [2.05, 4.69) is 26.6 Å². The average Bonchev–Trinajstić information content (AvgIpc) is 3.18. The van der Waals surface area contributed by atoms with Crippen LogP contribution in [0.3, 0.4) is 0 Å². The van der Waals surface area contributed by atoms with E-state index in [0.29, 0.717) is 6.04 Å². The molecule has 0 aromatic heterocycles. The van der Waals surface area contributed by atoms with E-state index in [0.717, 1.165) is 22.9 Å². The average molecular weight is 323 g/mol. The van der Waals surface area contributed by atoms with Gasteiger partial charge in [0, 0.05) is 16.6 Å². The number of amides is 2. The lowest BCUT2D eigenvalue weighted by Gasteiger charge is -2.03. The van der Waals surface area contributed by atoms with E-state index >= 15 is 0 Å². The molecule has 0 spiro atoms. The Hall–Kier alpha value is -1.62. The molecule has 0 radical (unpaired) electrons.